The van der Waals surface area contributed by atoms with Crippen LogP contribution >= 0.6 is 0 Å². The summed E-state index contributed by atoms with van der Waals surface area (Å²) in [6, 6.07) is 0. The summed E-state index contributed by atoms with van der Waals surface area (Å²) >= 11 is 0. The van der Waals surface area contributed by atoms with E-state index in [-0.39, 0.29) is 25.9 Å². The standard InChI is InChI=1S/C65H110O12/c1-4-7-10-13-16-19-21-23-25-27-29-31-33-35-37-40-42-45-48-51-57(66)73-54-56(75-58(67)52-49-46-44-41-38-36-34-32-30-28-26-24-22-20-17-14-11-8-5-2)55-74-65-63(61(70)60(69)62(77-65)64(71)72)76-59(68)53-50-47-43-39-18-15-12-9-6-3/h16-17,19-20,23-26,29-32,56,60-63,65,69-70H,4-15,18,21-22,27-28,33-55H2,1-3H3,(H,71,72)/b19-16-,20-17-,25-23-,26-24-,31-29-,32-30-. The van der Waals surface area contributed by atoms with Gasteiger partial charge >= 0.3 is 23.9 Å². The third-order valence-corrected chi connectivity index (χ3v) is 13.8. The predicted octanol–water partition coefficient (Wildman–Crippen LogP) is 16.1. The molecule has 1 heterocycles. The Kier molecular flexibility index (Phi) is 48.8. The van der Waals surface area contributed by atoms with Crippen molar-refractivity contribution in [2.45, 2.75) is 302 Å². The molecule has 0 aliphatic carbocycles. The first-order valence-electron chi connectivity index (χ1n) is 30.9. The highest BCUT2D eigenvalue weighted by molar-refractivity contribution is 5.74. The lowest BCUT2D eigenvalue weighted by molar-refractivity contribution is -0.301. The average molecular weight is 1080 g/mol. The van der Waals surface area contributed by atoms with Gasteiger partial charge in [0.05, 0.1) is 6.61 Å². The summed E-state index contributed by atoms with van der Waals surface area (Å²) in [4.78, 5) is 51.1. The molecule has 1 aliphatic rings. The second kappa shape index (κ2) is 52.8. The van der Waals surface area contributed by atoms with E-state index in [1.807, 2.05) is 0 Å². The van der Waals surface area contributed by atoms with Gasteiger partial charge in [-0.25, -0.2) is 4.79 Å². The van der Waals surface area contributed by atoms with E-state index in [4.69, 9.17) is 23.7 Å². The number of esters is 3. The van der Waals surface area contributed by atoms with Crippen LogP contribution in [0.25, 0.3) is 0 Å². The monoisotopic (exact) mass is 1080 g/mol. The molecule has 0 aromatic rings. The second-order valence-corrected chi connectivity index (χ2v) is 21.0. The molecule has 0 bridgehead atoms. The Morgan fingerprint density at radius 1 is 0.429 bits per heavy atom. The molecule has 12 nitrogen and oxygen atoms in total. The lowest BCUT2D eigenvalue weighted by Gasteiger charge is -2.40. The van der Waals surface area contributed by atoms with Crippen LogP contribution in [0.15, 0.2) is 72.9 Å². The van der Waals surface area contributed by atoms with Crippen molar-refractivity contribution in [3.63, 3.8) is 0 Å². The smallest absolute Gasteiger partial charge is 0.335 e. The van der Waals surface area contributed by atoms with E-state index < -0.39 is 67.3 Å². The van der Waals surface area contributed by atoms with Crippen molar-refractivity contribution >= 4 is 23.9 Å². The van der Waals surface area contributed by atoms with E-state index in [0.717, 1.165) is 128 Å². The van der Waals surface area contributed by atoms with Crippen molar-refractivity contribution < 1.29 is 58.2 Å². The summed E-state index contributed by atoms with van der Waals surface area (Å²) in [5.41, 5.74) is 0. The van der Waals surface area contributed by atoms with Crippen molar-refractivity contribution in [2.75, 3.05) is 13.2 Å². The molecule has 77 heavy (non-hydrogen) atoms. The number of carbonyl (C=O) groups is 4. The molecule has 3 N–H and O–H groups in total. The van der Waals surface area contributed by atoms with Gasteiger partial charge in [0.1, 0.15) is 18.8 Å². The maximum absolute atomic E-state index is 13.2. The Labute approximate surface area is 468 Å². The Bertz CT molecular complexity index is 1620. The highest BCUT2D eigenvalue weighted by Gasteiger charge is 2.50. The van der Waals surface area contributed by atoms with Crippen LogP contribution in [0.2, 0.25) is 0 Å². The molecule has 0 aromatic heterocycles. The second-order valence-electron chi connectivity index (χ2n) is 21.0. The van der Waals surface area contributed by atoms with E-state index in [1.54, 1.807) is 0 Å². The predicted molar refractivity (Wildman–Crippen MR) is 312 cm³/mol. The lowest BCUT2D eigenvalue weighted by atomic mass is 9.98. The number of unbranched alkanes of at least 4 members (excludes halogenated alkanes) is 26. The topological polar surface area (TPSA) is 175 Å². The summed E-state index contributed by atoms with van der Waals surface area (Å²) < 4.78 is 28.4. The number of carboxylic acid groups (broad SMARTS) is 1. The van der Waals surface area contributed by atoms with Crippen LogP contribution in [0.1, 0.15) is 265 Å². The first-order valence-corrected chi connectivity index (χ1v) is 30.9. The van der Waals surface area contributed by atoms with Crippen molar-refractivity contribution in [1.29, 1.82) is 0 Å². The highest BCUT2D eigenvalue weighted by atomic mass is 16.7. The number of hydrogen-bond donors (Lipinski definition) is 3. The number of aliphatic hydroxyl groups is 2. The third-order valence-electron chi connectivity index (χ3n) is 13.8. The number of ether oxygens (including phenoxy) is 5. The molecule has 1 saturated heterocycles. The molecular formula is C65H110O12. The van der Waals surface area contributed by atoms with E-state index in [2.05, 4.69) is 93.7 Å². The molecule has 0 saturated carbocycles. The molecule has 6 unspecified atom stereocenters. The average Bonchev–Trinajstić information content (AvgIpc) is 3.42. The van der Waals surface area contributed by atoms with Gasteiger partial charge in [0.25, 0.3) is 0 Å². The zero-order valence-electron chi connectivity index (χ0n) is 48.7. The van der Waals surface area contributed by atoms with Gasteiger partial charge in [0.15, 0.2) is 24.6 Å². The molecular weight excluding hydrogens is 973 g/mol. The summed E-state index contributed by atoms with van der Waals surface area (Å²) in [7, 11) is 0. The van der Waals surface area contributed by atoms with Gasteiger partial charge in [-0.15, -0.1) is 0 Å². The summed E-state index contributed by atoms with van der Waals surface area (Å²) in [6.07, 6.45) is 54.5. The zero-order chi connectivity index (χ0) is 56.1. The first-order chi connectivity index (χ1) is 37.6. The number of hydrogen-bond acceptors (Lipinski definition) is 11. The largest absolute Gasteiger partial charge is 0.479 e. The van der Waals surface area contributed by atoms with E-state index in [1.165, 1.54) is 77.0 Å². The molecule has 1 fully saturated rings. The van der Waals surface area contributed by atoms with Gasteiger partial charge in [-0.05, 0) is 96.3 Å². The number of rotatable bonds is 52. The zero-order valence-corrected chi connectivity index (χ0v) is 48.7. The minimum atomic E-state index is -1.91. The SMILES string of the molecule is CCCCC/C=C\C/C=C\C/C=C\CCCCCCCCC(=O)OCC(COC1OC(C(=O)O)C(O)C(O)C1OC(=O)CCCCCCCCCCC)OC(=O)CCCCCCCC/C=C\C/C=C\C/C=C\CCCCC. The number of carboxylic acids is 1. The van der Waals surface area contributed by atoms with E-state index in [9.17, 15) is 34.5 Å². The van der Waals surface area contributed by atoms with Crippen LogP contribution < -0.4 is 0 Å². The molecule has 12 heteroatoms. The summed E-state index contributed by atoms with van der Waals surface area (Å²) in [6.45, 7) is 5.89. The van der Waals surface area contributed by atoms with Crippen molar-refractivity contribution in [3.8, 4) is 0 Å². The Morgan fingerprint density at radius 3 is 1.21 bits per heavy atom. The van der Waals surface area contributed by atoms with Crippen LogP contribution in [-0.2, 0) is 42.9 Å². The van der Waals surface area contributed by atoms with Crippen molar-refractivity contribution in [2.24, 2.45) is 0 Å². The molecule has 6 atom stereocenters. The first kappa shape index (κ1) is 71.2. The molecule has 1 rings (SSSR count). The van der Waals surface area contributed by atoms with Gasteiger partial charge in [-0.2, -0.15) is 0 Å². The quantitative estimate of drug-likeness (QED) is 0.0228. The van der Waals surface area contributed by atoms with Crippen molar-refractivity contribution in [1.82, 2.24) is 0 Å². The van der Waals surface area contributed by atoms with Crippen molar-refractivity contribution in [3.05, 3.63) is 72.9 Å². The summed E-state index contributed by atoms with van der Waals surface area (Å²) in [5.74, 6) is -3.15. The van der Waals surface area contributed by atoms with Gasteiger partial charge in [-0.1, -0.05) is 222 Å². The van der Waals surface area contributed by atoms with Crippen LogP contribution in [0.3, 0.4) is 0 Å². The van der Waals surface area contributed by atoms with Crippen LogP contribution in [0.5, 0.6) is 0 Å². The number of carbonyl (C=O) groups excluding carboxylic acids is 3. The minimum absolute atomic E-state index is 0.0571. The fraction of sp³-hybridized carbons (Fsp3) is 0.754. The van der Waals surface area contributed by atoms with Crippen LogP contribution in [0, 0.1) is 0 Å². The third kappa shape index (κ3) is 42.7. The minimum Gasteiger partial charge on any atom is -0.479 e. The number of aliphatic hydroxyl groups excluding tert-OH is 2. The van der Waals surface area contributed by atoms with Crippen LogP contribution in [0.4, 0.5) is 0 Å². The van der Waals surface area contributed by atoms with Gasteiger partial charge < -0.3 is 39.0 Å². The molecule has 1 aliphatic heterocycles. The lowest BCUT2D eigenvalue weighted by Crippen LogP contribution is -2.61. The molecule has 0 amide bonds. The molecule has 0 aromatic carbocycles. The number of aliphatic carboxylic acids is 1. The summed E-state index contributed by atoms with van der Waals surface area (Å²) in [5, 5.41) is 31.4. The Hall–Kier alpha value is -3.84. The molecule has 0 spiro atoms. The van der Waals surface area contributed by atoms with Gasteiger partial charge in [0.2, 0.25) is 0 Å². The number of allylic oxidation sites excluding steroid dienone is 12. The molecule has 442 valence electrons. The van der Waals surface area contributed by atoms with Gasteiger partial charge in [0, 0.05) is 19.3 Å². The Morgan fingerprint density at radius 2 is 0.779 bits per heavy atom. The van der Waals surface area contributed by atoms with Crippen LogP contribution in [-0.4, -0.2) is 89.2 Å². The molecule has 0 radical (unpaired) electrons. The van der Waals surface area contributed by atoms with E-state index in [0.29, 0.717) is 19.3 Å². The normalized spacial score (nSPS) is 18.5. The maximum Gasteiger partial charge on any atom is 0.335 e. The Balaban J connectivity index is 2.66. The maximum atomic E-state index is 13.2. The highest BCUT2D eigenvalue weighted by Crippen LogP contribution is 2.26. The van der Waals surface area contributed by atoms with Gasteiger partial charge in [-0.3, -0.25) is 14.4 Å². The fourth-order valence-electron chi connectivity index (χ4n) is 8.97. The van der Waals surface area contributed by atoms with E-state index >= 15 is 0 Å². The fourth-order valence-corrected chi connectivity index (χ4v) is 8.97.